The molecule has 0 aromatic carbocycles. The lowest BCUT2D eigenvalue weighted by molar-refractivity contribution is 0.0120. The van der Waals surface area contributed by atoms with E-state index >= 15 is 0 Å². The highest BCUT2D eigenvalue weighted by molar-refractivity contribution is 4.87. The van der Waals surface area contributed by atoms with Crippen LogP contribution < -0.4 is 5.32 Å². The fraction of sp³-hybridized carbons (Fsp3) is 1.00. The number of nitrogens with one attached hydrogen (secondary N) is 1. The van der Waals surface area contributed by atoms with Gasteiger partial charge in [-0.2, -0.15) is 0 Å². The summed E-state index contributed by atoms with van der Waals surface area (Å²) in [5, 5.41) is 3.67. The standard InChI is InChI=1S/C16H33NO/c1-12(2)16(7,11-17-15(4,5)6)10-14-9-8-13(3)18-14/h12-14,17H,8-11H2,1-7H3. The summed E-state index contributed by atoms with van der Waals surface area (Å²) in [6, 6.07) is 0. The van der Waals surface area contributed by atoms with Gasteiger partial charge in [-0.1, -0.05) is 20.8 Å². The van der Waals surface area contributed by atoms with E-state index < -0.39 is 0 Å². The van der Waals surface area contributed by atoms with E-state index in [-0.39, 0.29) is 5.54 Å². The van der Waals surface area contributed by atoms with Crippen LogP contribution in [0.2, 0.25) is 0 Å². The Labute approximate surface area is 114 Å². The maximum absolute atomic E-state index is 6.01. The van der Waals surface area contributed by atoms with Crippen molar-refractivity contribution in [3.63, 3.8) is 0 Å². The molecule has 0 aromatic rings. The van der Waals surface area contributed by atoms with Crippen LogP contribution in [0.3, 0.4) is 0 Å². The molecule has 1 N–H and O–H groups in total. The van der Waals surface area contributed by atoms with E-state index in [9.17, 15) is 0 Å². The summed E-state index contributed by atoms with van der Waals surface area (Å²) in [6.07, 6.45) is 4.57. The Hall–Kier alpha value is -0.0800. The van der Waals surface area contributed by atoms with Crippen molar-refractivity contribution in [3.05, 3.63) is 0 Å². The van der Waals surface area contributed by atoms with Gasteiger partial charge < -0.3 is 10.1 Å². The molecule has 0 spiro atoms. The largest absolute Gasteiger partial charge is 0.375 e. The van der Waals surface area contributed by atoms with E-state index in [2.05, 4.69) is 53.8 Å². The number of ether oxygens (including phenoxy) is 1. The molecule has 18 heavy (non-hydrogen) atoms. The van der Waals surface area contributed by atoms with Crippen molar-refractivity contribution in [2.45, 2.75) is 85.5 Å². The van der Waals surface area contributed by atoms with Gasteiger partial charge in [0, 0.05) is 12.1 Å². The highest BCUT2D eigenvalue weighted by Crippen LogP contribution is 2.36. The number of hydrogen-bond acceptors (Lipinski definition) is 2. The summed E-state index contributed by atoms with van der Waals surface area (Å²) in [4.78, 5) is 0. The van der Waals surface area contributed by atoms with Gasteiger partial charge in [-0.25, -0.2) is 0 Å². The topological polar surface area (TPSA) is 21.3 Å². The first-order chi connectivity index (χ1) is 8.12. The SMILES string of the molecule is CC1CCC(CC(C)(CNC(C)(C)C)C(C)C)O1. The molecule has 0 bridgehead atoms. The highest BCUT2D eigenvalue weighted by Gasteiger charge is 2.35. The normalized spacial score (nSPS) is 28.7. The molecule has 108 valence electrons. The molecule has 3 atom stereocenters. The third-order valence-corrected chi connectivity index (χ3v) is 4.43. The van der Waals surface area contributed by atoms with E-state index in [1.165, 1.54) is 19.3 Å². The molecule has 2 heteroatoms. The van der Waals surface area contributed by atoms with Crippen molar-refractivity contribution in [1.82, 2.24) is 5.32 Å². The Morgan fingerprint density at radius 2 is 1.78 bits per heavy atom. The monoisotopic (exact) mass is 255 g/mol. The highest BCUT2D eigenvalue weighted by atomic mass is 16.5. The molecule has 2 nitrogen and oxygen atoms in total. The van der Waals surface area contributed by atoms with Gasteiger partial charge >= 0.3 is 0 Å². The van der Waals surface area contributed by atoms with Crippen molar-refractivity contribution in [2.24, 2.45) is 11.3 Å². The van der Waals surface area contributed by atoms with E-state index in [0.717, 1.165) is 6.54 Å². The zero-order valence-corrected chi connectivity index (χ0v) is 13.5. The maximum atomic E-state index is 6.01. The lowest BCUT2D eigenvalue weighted by atomic mass is 9.74. The maximum Gasteiger partial charge on any atom is 0.0585 e. The Kier molecular flexibility index (Phi) is 5.25. The molecule has 0 amide bonds. The minimum absolute atomic E-state index is 0.194. The third-order valence-electron chi connectivity index (χ3n) is 4.43. The van der Waals surface area contributed by atoms with E-state index in [1.54, 1.807) is 0 Å². The molecule has 0 aliphatic carbocycles. The van der Waals surface area contributed by atoms with E-state index in [0.29, 0.717) is 23.5 Å². The van der Waals surface area contributed by atoms with Crippen LogP contribution >= 0.6 is 0 Å². The Morgan fingerprint density at radius 1 is 1.17 bits per heavy atom. The van der Waals surface area contributed by atoms with Crippen molar-refractivity contribution in [2.75, 3.05) is 6.54 Å². The third kappa shape index (κ3) is 4.89. The first-order valence-electron chi connectivity index (χ1n) is 7.53. The van der Waals surface area contributed by atoms with Gasteiger partial charge in [0.2, 0.25) is 0 Å². The Balaban J connectivity index is 2.57. The zero-order chi connectivity index (χ0) is 14.0. The van der Waals surface area contributed by atoms with Gasteiger partial charge in [0.1, 0.15) is 0 Å². The predicted octanol–water partition coefficient (Wildman–Crippen LogP) is 3.99. The van der Waals surface area contributed by atoms with Crippen molar-refractivity contribution in [3.8, 4) is 0 Å². The Morgan fingerprint density at radius 3 is 2.17 bits per heavy atom. The Bertz CT molecular complexity index is 256. The average Bonchev–Trinajstić information content (AvgIpc) is 2.60. The van der Waals surface area contributed by atoms with E-state index in [1.807, 2.05) is 0 Å². The van der Waals surface area contributed by atoms with Gasteiger partial charge in [-0.05, 0) is 58.3 Å². The second kappa shape index (κ2) is 5.92. The molecule has 3 unspecified atom stereocenters. The summed E-state index contributed by atoms with van der Waals surface area (Å²) < 4.78 is 6.01. The fourth-order valence-electron chi connectivity index (χ4n) is 2.53. The summed E-state index contributed by atoms with van der Waals surface area (Å²) in [5.74, 6) is 0.673. The van der Waals surface area contributed by atoms with Gasteiger partial charge in [0.25, 0.3) is 0 Å². The van der Waals surface area contributed by atoms with Crippen LogP contribution in [0.25, 0.3) is 0 Å². The van der Waals surface area contributed by atoms with Crippen molar-refractivity contribution >= 4 is 0 Å². The summed E-state index contributed by atoms with van der Waals surface area (Å²) in [6.45, 7) is 17.1. The second-order valence-corrected chi connectivity index (χ2v) is 7.76. The van der Waals surface area contributed by atoms with Crippen molar-refractivity contribution in [1.29, 1.82) is 0 Å². The van der Waals surface area contributed by atoms with Gasteiger partial charge in [0.15, 0.2) is 0 Å². The zero-order valence-electron chi connectivity index (χ0n) is 13.5. The van der Waals surface area contributed by atoms with Gasteiger partial charge in [-0.3, -0.25) is 0 Å². The van der Waals surface area contributed by atoms with Crippen LogP contribution in [0.4, 0.5) is 0 Å². The van der Waals surface area contributed by atoms with Crippen molar-refractivity contribution < 1.29 is 4.74 Å². The molecule has 1 rings (SSSR count). The number of hydrogen-bond donors (Lipinski definition) is 1. The fourth-order valence-corrected chi connectivity index (χ4v) is 2.53. The smallest absolute Gasteiger partial charge is 0.0585 e. The molecule has 0 aromatic heterocycles. The van der Waals surface area contributed by atoms with Crippen LogP contribution in [0.5, 0.6) is 0 Å². The van der Waals surface area contributed by atoms with Crippen LogP contribution in [-0.2, 0) is 4.74 Å². The first kappa shape index (κ1) is 16.0. The molecule has 1 fully saturated rings. The average molecular weight is 255 g/mol. The van der Waals surface area contributed by atoms with Crippen LogP contribution in [0.1, 0.15) is 67.7 Å². The summed E-state index contributed by atoms with van der Waals surface area (Å²) in [5.41, 5.74) is 0.516. The van der Waals surface area contributed by atoms with E-state index in [4.69, 9.17) is 4.74 Å². The first-order valence-corrected chi connectivity index (χ1v) is 7.53. The molecular weight excluding hydrogens is 222 g/mol. The number of rotatable bonds is 5. The molecule has 1 aliphatic heterocycles. The molecule has 0 radical (unpaired) electrons. The molecule has 1 heterocycles. The lowest BCUT2D eigenvalue weighted by Crippen LogP contribution is -2.46. The molecule has 1 saturated heterocycles. The van der Waals surface area contributed by atoms with Gasteiger partial charge in [0.05, 0.1) is 12.2 Å². The summed E-state index contributed by atoms with van der Waals surface area (Å²) >= 11 is 0. The summed E-state index contributed by atoms with van der Waals surface area (Å²) in [7, 11) is 0. The van der Waals surface area contributed by atoms with Crippen LogP contribution in [0.15, 0.2) is 0 Å². The van der Waals surface area contributed by atoms with Crippen LogP contribution in [-0.4, -0.2) is 24.3 Å². The predicted molar refractivity (Wildman–Crippen MR) is 78.9 cm³/mol. The minimum Gasteiger partial charge on any atom is -0.375 e. The quantitative estimate of drug-likeness (QED) is 0.802. The second-order valence-electron chi connectivity index (χ2n) is 7.76. The lowest BCUT2D eigenvalue weighted by Gasteiger charge is -2.38. The molecular formula is C16H33NO. The van der Waals surface area contributed by atoms with Crippen LogP contribution in [0, 0.1) is 11.3 Å². The van der Waals surface area contributed by atoms with Gasteiger partial charge in [-0.15, -0.1) is 0 Å². The molecule has 0 saturated carbocycles. The molecule has 1 aliphatic rings. The minimum atomic E-state index is 0.194.